The highest BCUT2D eigenvalue weighted by atomic mass is 16.6. The minimum absolute atomic E-state index is 0.326. The van der Waals surface area contributed by atoms with Gasteiger partial charge in [0.2, 0.25) is 0 Å². The van der Waals surface area contributed by atoms with E-state index in [1.165, 1.54) is 11.2 Å². The molecule has 1 spiro atoms. The van der Waals surface area contributed by atoms with Crippen molar-refractivity contribution < 1.29 is 19.4 Å². The molecule has 1 aromatic heterocycles. The molecule has 106 valence electrons. The van der Waals surface area contributed by atoms with Gasteiger partial charge in [-0.2, -0.15) is 0 Å². The summed E-state index contributed by atoms with van der Waals surface area (Å²) in [6, 6.07) is 0. The lowest BCUT2D eigenvalue weighted by Crippen LogP contribution is -2.40. The van der Waals surface area contributed by atoms with E-state index in [2.05, 4.69) is 9.97 Å². The maximum absolute atomic E-state index is 12.0. The summed E-state index contributed by atoms with van der Waals surface area (Å²) in [5.41, 5.74) is 0.0496. The van der Waals surface area contributed by atoms with Gasteiger partial charge in [0.25, 0.3) is 0 Å². The van der Waals surface area contributed by atoms with Crippen molar-refractivity contribution in [2.24, 2.45) is 5.92 Å². The smallest absolute Gasteiger partial charge is 0.415 e. The van der Waals surface area contributed by atoms with E-state index in [1.807, 2.05) is 0 Å². The molecule has 3 rings (SSSR count). The van der Waals surface area contributed by atoms with Gasteiger partial charge >= 0.3 is 12.1 Å². The summed E-state index contributed by atoms with van der Waals surface area (Å²) >= 11 is 0. The van der Waals surface area contributed by atoms with Gasteiger partial charge < -0.3 is 9.84 Å². The zero-order chi connectivity index (χ0) is 14.2. The van der Waals surface area contributed by atoms with Crippen LogP contribution in [0.5, 0.6) is 0 Å². The molecule has 0 radical (unpaired) electrons. The summed E-state index contributed by atoms with van der Waals surface area (Å²) in [4.78, 5) is 32.3. The molecule has 1 aliphatic heterocycles. The highest BCUT2D eigenvalue weighted by molar-refractivity contribution is 5.89. The van der Waals surface area contributed by atoms with Gasteiger partial charge in [-0.25, -0.2) is 14.8 Å². The molecule has 1 amide bonds. The Labute approximate surface area is 115 Å². The predicted molar refractivity (Wildman–Crippen MR) is 68.2 cm³/mol. The average Bonchev–Trinajstić information content (AvgIpc) is 2.77. The second-order valence-electron chi connectivity index (χ2n) is 5.35. The highest BCUT2D eigenvalue weighted by Crippen LogP contribution is 2.40. The van der Waals surface area contributed by atoms with Crippen molar-refractivity contribution in [1.82, 2.24) is 9.97 Å². The Hall–Kier alpha value is -2.18. The molecule has 0 atom stereocenters. The third kappa shape index (κ3) is 2.19. The van der Waals surface area contributed by atoms with Crippen LogP contribution < -0.4 is 4.90 Å². The van der Waals surface area contributed by atoms with E-state index in [0.717, 1.165) is 0 Å². The number of carboxylic acid groups (broad SMARTS) is 1. The van der Waals surface area contributed by atoms with E-state index in [0.29, 0.717) is 37.9 Å². The Bertz CT molecular complexity index is 526. The van der Waals surface area contributed by atoms with Crippen molar-refractivity contribution in [1.29, 1.82) is 0 Å². The monoisotopic (exact) mass is 277 g/mol. The molecular weight excluding hydrogens is 262 g/mol. The van der Waals surface area contributed by atoms with Crippen molar-refractivity contribution in [3.05, 3.63) is 18.7 Å². The Kier molecular flexibility index (Phi) is 3.04. The maximum Gasteiger partial charge on any atom is 0.415 e. The number of carbonyl (C=O) groups is 2. The van der Waals surface area contributed by atoms with Gasteiger partial charge in [-0.3, -0.25) is 9.69 Å². The van der Waals surface area contributed by atoms with Crippen LogP contribution in [0.15, 0.2) is 18.7 Å². The molecule has 1 N–H and O–H groups in total. The number of hydrogen-bond acceptors (Lipinski definition) is 5. The van der Waals surface area contributed by atoms with Gasteiger partial charge in [-0.05, 0) is 25.7 Å². The van der Waals surface area contributed by atoms with Crippen molar-refractivity contribution in [3.63, 3.8) is 0 Å². The minimum atomic E-state index is -0.766. The molecule has 0 unspecified atom stereocenters. The Morgan fingerprint density at radius 1 is 1.35 bits per heavy atom. The topological polar surface area (TPSA) is 92.6 Å². The summed E-state index contributed by atoms with van der Waals surface area (Å²) < 4.78 is 5.52. The van der Waals surface area contributed by atoms with Crippen LogP contribution in [0.4, 0.5) is 10.5 Å². The Morgan fingerprint density at radius 3 is 2.60 bits per heavy atom. The molecule has 20 heavy (non-hydrogen) atoms. The standard InChI is InChI=1S/C13H15N3O4/c17-11(18)9-1-3-13(4-2-9)7-16(12(19)20-13)10-5-14-8-15-6-10/h5-6,8-9H,1-4,7H2,(H,17,18). The first kappa shape index (κ1) is 12.8. The van der Waals surface area contributed by atoms with Crippen LogP contribution in [0.25, 0.3) is 0 Å². The number of rotatable bonds is 2. The number of hydrogen-bond donors (Lipinski definition) is 1. The molecular formula is C13H15N3O4. The quantitative estimate of drug-likeness (QED) is 0.879. The molecule has 0 aromatic carbocycles. The van der Waals surface area contributed by atoms with Crippen LogP contribution in [0.3, 0.4) is 0 Å². The SMILES string of the molecule is O=C(O)C1CCC2(CC1)CN(c1cncnc1)C(=O)O2. The normalized spacial score (nSPS) is 29.5. The third-order valence-electron chi connectivity index (χ3n) is 4.08. The Morgan fingerprint density at radius 2 is 2.00 bits per heavy atom. The van der Waals surface area contributed by atoms with Crippen molar-refractivity contribution >= 4 is 17.7 Å². The average molecular weight is 277 g/mol. The molecule has 2 fully saturated rings. The Balaban J connectivity index is 1.73. The van der Waals surface area contributed by atoms with Crippen molar-refractivity contribution in [2.45, 2.75) is 31.3 Å². The fourth-order valence-electron chi connectivity index (χ4n) is 2.90. The first-order valence-electron chi connectivity index (χ1n) is 6.58. The fraction of sp³-hybridized carbons (Fsp3) is 0.538. The number of aliphatic carboxylic acids is 1. The molecule has 0 bridgehead atoms. The highest BCUT2D eigenvalue weighted by Gasteiger charge is 2.48. The summed E-state index contributed by atoms with van der Waals surface area (Å²) in [5.74, 6) is -1.09. The van der Waals surface area contributed by atoms with E-state index < -0.39 is 17.7 Å². The lowest BCUT2D eigenvalue weighted by Gasteiger charge is -2.33. The second kappa shape index (κ2) is 4.73. The van der Waals surface area contributed by atoms with Crippen LogP contribution in [0.2, 0.25) is 0 Å². The number of ether oxygens (including phenoxy) is 1. The third-order valence-corrected chi connectivity index (χ3v) is 4.08. The molecule has 1 aliphatic carbocycles. The predicted octanol–water partition coefficient (Wildman–Crippen LogP) is 1.45. The first-order valence-corrected chi connectivity index (χ1v) is 6.58. The molecule has 7 heteroatoms. The fourth-order valence-corrected chi connectivity index (χ4v) is 2.90. The lowest BCUT2D eigenvalue weighted by molar-refractivity contribution is -0.144. The molecule has 2 aliphatic rings. The maximum atomic E-state index is 12.0. The molecule has 7 nitrogen and oxygen atoms in total. The summed E-state index contributed by atoms with van der Waals surface area (Å²) in [6.45, 7) is 0.436. The van der Waals surface area contributed by atoms with E-state index >= 15 is 0 Å². The largest absolute Gasteiger partial charge is 0.481 e. The first-order chi connectivity index (χ1) is 9.60. The van der Waals surface area contributed by atoms with Crippen molar-refractivity contribution in [3.8, 4) is 0 Å². The van der Waals surface area contributed by atoms with E-state index in [-0.39, 0.29) is 5.92 Å². The van der Waals surface area contributed by atoms with Crippen LogP contribution in [-0.4, -0.2) is 39.3 Å². The number of carbonyl (C=O) groups excluding carboxylic acids is 1. The molecule has 1 saturated carbocycles. The van der Waals surface area contributed by atoms with Crippen LogP contribution >= 0.6 is 0 Å². The zero-order valence-corrected chi connectivity index (χ0v) is 10.9. The van der Waals surface area contributed by atoms with Crippen LogP contribution in [0.1, 0.15) is 25.7 Å². The van der Waals surface area contributed by atoms with Gasteiger partial charge in [0, 0.05) is 0 Å². The van der Waals surface area contributed by atoms with Crippen LogP contribution in [0, 0.1) is 5.92 Å². The number of aromatic nitrogens is 2. The number of amides is 1. The number of nitrogens with zero attached hydrogens (tertiary/aromatic N) is 3. The molecule has 1 saturated heterocycles. The van der Waals surface area contributed by atoms with Gasteiger partial charge in [-0.1, -0.05) is 0 Å². The van der Waals surface area contributed by atoms with Gasteiger partial charge in [0.05, 0.1) is 30.5 Å². The van der Waals surface area contributed by atoms with Gasteiger partial charge in [0.15, 0.2) is 0 Å². The van der Waals surface area contributed by atoms with Crippen molar-refractivity contribution in [2.75, 3.05) is 11.4 Å². The molecule has 1 aromatic rings. The number of anilines is 1. The van der Waals surface area contributed by atoms with Gasteiger partial charge in [-0.15, -0.1) is 0 Å². The van der Waals surface area contributed by atoms with E-state index in [4.69, 9.17) is 9.84 Å². The summed E-state index contributed by atoms with van der Waals surface area (Å²) in [5, 5.41) is 9.02. The lowest BCUT2D eigenvalue weighted by atomic mass is 9.79. The summed E-state index contributed by atoms with van der Waals surface area (Å²) in [7, 11) is 0. The van der Waals surface area contributed by atoms with Gasteiger partial charge in [0.1, 0.15) is 11.9 Å². The zero-order valence-electron chi connectivity index (χ0n) is 10.9. The second-order valence-corrected chi connectivity index (χ2v) is 5.35. The molecule has 2 heterocycles. The summed E-state index contributed by atoms with van der Waals surface area (Å²) in [6.07, 6.45) is 6.38. The van der Waals surface area contributed by atoms with E-state index in [9.17, 15) is 9.59 Å². The van der Waals surface area contributed by atoms with Crippen LogP contribution in [-0.2, 0) is 9.53 Å². The number of carboxylic acids is 1. The van der Waals surface area contributed by atoms with E-state index in [1.54, 1.807) is 12.4 Å². The minimum Gasteiger partial charge on any atom is -0.481 e.